The van der Waals surface area contributed by atoms with Gasteiger partial charge >= 0.3 is 0 Å². The van der Waals surface area contributed by atoms with Gasteiger partial charge in [-0.2, -0.15) is 0 Å². The Morgan fingerprint density at radius 3 is 1.02 bits per heavy atom. The molecule has 0 atom stereocenters. The van der Waals surface area contributed by atoms with Crippen LogP contribution in [0.4, 0.5) is 0 Å². The summed E-state index contributed by atoms with van der Waals surface area (Å²) < 4.78 is 19.4. The smallest absolute Gasteiger partial charge is 0.273 e. The van der Waals surface area contributed by atoms with Crippen molar-refractivity contribution < 1.29 is 13.9 Å². The molecule has 0 radical (unpaired) electrons. The van der Waals surface area contributed by atoms with E-state index in [9.17, 15) is 0 Å². The van der Waals surface area contributed by atoms with E-state index in [4.69, 9.17) is 13.9 Å². The second-order valence-corrected chi connectivity index (χ2v) is 14.1. The summed E-state index contributed by atoms with van der Waals surface area (Å²) in [6.45, 7) is 12.3. The molecule has 0 saturated carbocycles. The summed E-state index contributed by atoms with van der Waals surface area (Å²) in [7, 11) is -0.845. The lowest BCUT2D eigenvalue weighted by Gasteiger charge is -2.34. The van der Waals surface area contributed by atoms with E-state index in [1.807, 2.05) is 5.70 Å². The second kappa shape index (κ2) is 35.3. The summed E-state index contributed by atoms with van der Waals surface area (Å²) in [6, 6.07) is 0. The van der Waals surface area contributed by atoms with Gasteiger partial charge in [-0.15, -0.1) is 6.58 Å². The van der Waals surface area contributed by atoms with Crippen LogP contribution in [-0.4, -0.2) is 29.0 Å². The minimum Gasteiger partial charge on any atom is -0.371 e. The van der Waals surface area contributed by atoms with Crippen molar-refractivity contribution >= 4 is 9.76 Å². The Balaban J connectivity index is 4.47. The molecular weight excluding hydrogens is 533 g/mol. The van der Waals surface area contributed by atoms with Crippen LogP contribution in [0.3, 0.4) is 0 Å². The summed E-state index contributed by atoms with van der Waals surface area (Å²) in [5.41, 5.74) is 1.97. The Bertz CT molecular complexity index is 487. The van der Waals surface area contributed by atoms with Crippen molar-refractivity contribution in [3.8, 4) is 0 Å². The molecule has 0 heterocycles. The fourth-order valence-electron chi connectivity index (χ4n) is 5.81. The first-order valence-electron chi connectivity index (χ1n) is 19.3. The number of ether oxygens (including phenoxy) is 2. The zero-order chi connectivity index (χ0) is 30.7. The highest BCUT2D eigenvalue weighted by Gasteiger charge is 2.32. The van der Waals surface area contributed by atoms with Crippen molar-refractivity contribution in [2.24, 2.45) is 0 Å². The Hall–Kier alpha value is -0.163. The molecule has 0 rings (SSSR count). The average Bonchev–Trinajstić information content (AvgIpc) is 3.00. The summed E-state index contributed by atoms with van der Waals surface area (Å²) in [6.07, 6.45) is 39.6. The SMILES string of the molecule is C=C[SiH2]OC(CCCCCCCCCCC)(OCCCCCCCCCCCC)OCCCCCCCCCCCC. The van der Waals surface area contributed by atoms with Crippen LogP contribution in [0.2, 0.25) is 0 Å². The van der Waals surface area contributed by atoms with Gasteiger partial charge in [-0.3, -0.25) is 0 Å². The van der Waals surface area contributed by atoms with E-state index in [1.54, 1.807) is 0 Å². The molecule has 42 heavy (non-hydrogen) atoms. The molecule has 0 bridgehead atoms. The van der Waals surface area contributed by atoms with Gasteiger partial charge in [0.05, 0.1) is 13.2 Å². The van der Waals surface area contributed by atoms with E-state index in [2.05, 4.69) is 27.4 Å². The largest absolute Gasteiger partial charge is 0.371 e. The van der Waals surface area contributed by atoms with Gasteiger partial charge in [0.15, 0.2) is 9.76 Å². The van der Waals surface area contributed by atoms with Gasteiger partial charge in [-0.1, -0.05) is 193 Å². The van der Waals surface area contributed by atoms with Crippen LogP contribution in [0.5, 0.6) is 0 Å². The predicted octanol–water partition coefficient (Wildman–Crippen LogP) is 12.7. The quantitative estimate of drug-likeness (QED) is 0.0398. The van der Waals surface area contributed by atoms with Gasteiger partial charge < -0.3 is 13.9 Å². The van der Waals surface area contributed by atoms with E-state index in [0.29, 0.717) is 0 Å². The van der Waals surface area contributed by atoms with Gasteiger partial charge in [0.2, 0.25) is 0 Å². The van der Waals surface area contributed by atoms with E-state index in [1.165, 1.54) is 167 Å². The van der Waals surface area contributed by atoms with Crippen molar-refractivity contribution in [3.05, 3.63) is 12.3 Å². The van der Waals surface area contributed by atoms with Crippen molar-refractivity contribution in [2.45, 2.75) is 219 Å². The summed E-state index contributed by atoms with van der Waals surface area (Å²) in [5, 5.41) is 0. The molecule has 4 heteroatoms. The van der Waals surface area contributed by atoms with Crippen LogP contribution >= 0.6 is 0 Å². The first-order valence-corrected chi connectivity index (χ1v) is 20.7. The number of unbranched alkanes of at least 4 members (excludes halogenated alkanes) is 26. The van der Waals surface area contributed by atoms with Crippen molar-refractivity contribution in [2.75, 3.05) is 13.2 Å². The average molecular weight is 611 g/mol. The first kappa shape index (κ1) is 41.8. The Morgan fingerprint density at radius 1 is 0.429 bits per heavy atom. The molecule has 0 aromatic heterocycles. The van der Waals surface area contributed by atoms with E-state index >= 15 is 0 Å². The van der Waals surface area contributed by atoms with Crippen LogP contribution in [0.25, 0.3) is 0 Å². The standard InChI is InChI=1S/C38H78O3Si/c1-5-9-12-15-18-21-24-27-30-33-36-39-38(41-42-8-4,35-32-29-26-23-20-17-14-11-7-3)40-37-34-31-28-25-22-19-16-13-10-6-2/h8H,4-7,9-37,42H2,1-3H3. The molecule has 3 nitrogen and oxygen atoms in total. The van der Waals surface area contributed by atoms with Gasteiger partial charge in [-0.25, -0.2) is 0 Å². The van der Waals surface area contributed by atoms with Crippen LogP contribution in [-0.2, 0) is 13.9 Å². The zero-order valence-corrected chi connectivity index (χ0v) is 30.8. The van der Waals surface area contributed by atoms with Crippen molar-refractivity contribution in [3.63, 3.8) is 0 Å². The van der Waals surface area contributed by atoms with Crippen molar-refractivity contribution in [1.29, 1.82) is 0 Å². The summed E-state index contributed by atoms with van der Waals surface area (Å²) >= 11 is 0. The lowest BCUT2D eigenvalue weighted by molar-refractivity contribution is -0.348. The second-order valence-electron chi connectivity index (χ2n) is 12.9. The summed E-state index contributed by atoms with van der Waals surface area (Å²) in [5.74, 6) is -0.833. The molecule has 0 aliphatic heterocycles. The molecule has 0 aromatic carbocycles. The van der Waals surface area contributed by atoms with Crippen LogP contribution in [0.1, 0.15) is 213 Å². The van der Waals surface area contributed by atoms with Gasteiger partial charge in [0, 0.05) is 6.42 Å². The van der Waals surface area contributed by atoms with E-state index in [0.717, 1.165) is 38.9 Å². The maximum atomic E-state index is 6.51. The van der Waals surface area contributed by atoms with Gasteiger partial charge in [-0.05, 0) is 19.3 Å². The molecule has 0 aromatic rings. The topological polar surface area (TPSA) is 27.7 Å². The molecule has 0 aliphatic rings. The normalized spacial score (nSPS) is 12.2. The maximum absolute atomic E-state index is 6.51. The fourth-order valence-corrected chi connectivity index (χ4v) is 6.50. The van der Waals surface area contributed by atoms with E-state index in [-0.39, 0.29) is 0 Å². The number of hydrogen-bond donors (Lipinski definition) is 0. The third kappa shape index (κ3) is 29.9. The molecule has 0 fully saturated rings. The first-order chi connectivity index (χ1) is 20.7. The number of rotatable bonds is 37. The molecule has 252 valence electrons. The summed E-state index contributed by atoms with van der Waals surface area (Å²) in [4.78, 5) is 0. The molecule has 0 N–H and O–H groups in total. The minimum atomic E-state index is -0.845. The highest BCUT2D eigenvalue weighted by Crippen LogP contribution is 2.26. The minimum absolute atomic E-state index is 0.748. The highest BCUT2D eigenvalue weighted by atomic mass is 28.2. The fraction of sp³-hybridized carbons (Fsp3) is 0.947. The Labute approximate surface area is 268 Å². The van der Waals surface area contributed by atoms with Gasteiger partial charge in [0.25, 0.3) is 5.97 Å². The lowest BCUT2D eigenvalue weighted by Crippen LogP contribution is -2.41. The van der Waals surface area contributed by atoms with Crippen molar-refractivity contribution in [1.82, 2.24) is 0 Å². The lowest BCUT2D eigenvalue weighted by atomic mass is 10.1. The molecule has 0 spiro atoms. The molecule has 0 saturated heterocycles. The predicted molar refractivity (Wildman–Crippen MR) is 190 cm³/mol. The van der Waals surface area contributed by atoms with Crippen LogP contribution in [0.15, 0.2) is 12.3 Å². The molecular formula is C38H78O3Si. The molecule has 0 unspecified atom stereocenters. The Morgan fingerprint density at radius 2 is 0.714 bits per heavy atom. The van der Waals surface area contributed by atoms with Gasteiger partial charge in [0.1, 0.15) is 0 Å². The van der Waals surface area contributed by atoms with Crippen LogP contribution < -0.4 is 0 Å². The highest BCUT2D eigenvalue weighted by molar-refractivity contribution is 6.34. The monoisotopic (exact) mass is 611 g/mol. The van der Waals surface area contributed by atoms with Crippen LogP contribution in [0, 0.1) is 0 Å². The molecule has 0 amide bonds. The molecule has 0 aliphatic carbocycles. The number of hydrogen-bond acceptors (Lipinski definition) is 3. The third-order valence-corrected chi connectivity index (χ3v) is 9.49. The maximum Gasteiger partial charge on any atom is 0.273 e. The Kier molecular flexibility index (Phi) is 35.2. The van der Waals surface area contributed by atoms with E-state index < -0.39 is 15.7 Å². The third-order valence-electron chi connectivity index (χ3n) is 8.65. The zero-order valence-electron chi connectivity index (χ0n) is 29.3.